The van der Waals surface area contributed by atoms with Crippen molar-refractivity contribution < 1.29 is 39.5 Å². The molecule has 2 N–H and O–H groups in total. The number of hydrogen-bond donors (Lipinski definition) is 2. The molecule has 0 saturated carbocycles. The molecular weight excluding hydrogens is 455 g/mol. The van der Waals surface area contributed by atoms with Crippen molar-refractivity contribution in [2.75, 3.05) is 0 Å². The van der Waals surface area contributed by atoms with Crippen LogP contribution in [-0.2, 0) is 20.2 Å². The van der Waals surface area contributed by atoms with E-state index in [0.29, 0.717) is 5.75 Å². The van der Waals surface area contributed by atoms with E-state index in [0.717, 1.165) is 24.3 Å². The van der Waals surface area contributed by atoms with Crippen molar-refractivity contribution in [2.45, 2.75) is 9.79 Å². The van der Waals surface area contributed by atoms with E-state index in [-0.39, 0.29) is 21.3 Å². The molecule has 0 saturated heterocycles. The molecule has 0 spiro atoms. The molecule has 0 aliphatic rings. The second kappa shape index (κ2) is 8.99. The molecular formula is C18H15O9PS2. The topological polar surface area (TPSA) is 136 Å². The Kier molecular flexibility index (Phi) is 6.59. The summed E-state index contributed by atoms with van der Waals surface area (Å²) in [7, 11) is -10.8. The molecule has 158 valence electrons. The fourth-order valence-corrected chi connectivity index (χ4v) is 4.09. The molecule has 3 aromatic rings. The fraction of sp³-hybridized carbons (Fsp3) is 0. The summed E-state index contributed by atoms with van der Waals surface area (Å²) in [4.78, 5) is -0.602. The standard InChI is InChI=1S/C18H15O9PS2/c19-29(20,21)17-10-6-15(7-11-17)26-28(25-14-4-2-1-3-5-14)27-16-8-12-18(13-9-16)30(22,23)24/h1-13H,(H,19,20,21)(H,22,23,24). The van der Waals surface area contributed by atoms with Gasteiger partial charge in [-0.25, -0.2) is 0 Å². The Labute approximate surface area is 174 Å². The van der Waals surface area contributed by atoms with Crippen LogP contribution in [0.5, 0.6) is 17.2 Å². The molecule has 0 radical (unpaired) electrons. The van der Waals surface area contributed by atoms with Crippen LogP contribution in [-0.4, -0.2) is 25.9 Å². The van der Waals surface area contributed by atoms with E-state index in [1.54, 1.807) is 30.3 Å². The van der Waals surface area contributed by atoms with Crippen molar-refractivity contribution in [1.82, 2.24) is 0 Å². The van der Waals surface area contributed by atoms with E-state index >= 15 is 0 Å². The molecule has 0 aliphatic heterocycles. The van der Waals surface area contributed by atoms with E-state index < -0.39 is 28.8 Å². The number of benzene rings is 3. The van der Waals surface area contributed by atoms with E-state index in [4.69, 9.17) is 22.7 Å². The van der Waals surface area contributed by atoms with Gasteiger partial charge >= 0.3 is 8.60 Å². The summed E-state index contributed by atoms with van der Waals surface area (Å²) in [5, 5.41) is 0. The monoisotopic (exact) mass is 470 g/mol. The van der Waals surface area contributed by atoms with Crippen LogP contribution in [0.4, 0.5) is 0 Å². The minimum Gasteiger partial charge on any atom is -0.409 e. The van der Waals surface area contributed by atoms with E-state index in [9.17, 15) is 16.8 Å². The second-order valence-electron chi connectivity index (χ2n) is 5.70. The Morgan fingerprint density at radius 2 is 0.867 bits per heavy atom. The number of rotatable bonds is 8. The molecule has 3 rings (SSSR count). The number of hydrogen-bond acceptors (Lipinski definition) is 7. The Balaban J connectivity index is 1.81. The van der Waals surface area contributed by atoms with Crippen LogP contribution in [0, 0.1) is 0 Å². The predicted octanol–water partition coefficient (Wildman–Crippen LogP) is 3.94. The summed E-state index contributed by atoms with van der Waals surface area (Å²) in [5.74, 6) is 0.853. The van der Waals surface area contributed by atoms with Gasteiger partial charge in [0, 0.05) is 0 Å². The third kappa shape index (κ3) is 6.15. The third-order valence-corrected chi connectivity index (χ3v) is 6.34. The number of para-hydroxylation sites is 1. The van der Waals surface area contributed by atoms with E-state index in [1.807, 2.05) is 0 Å². The van der Waals surface area contributed by atoms with Crippen molar-refractivity contribution in [3.05, 3.63) is 78.9 Å². The zero-order chi connectivity index (χ0) is 21.8. The van der Waals surface area contributed by atoms with Gasteiger partial charge in [-0.05, 0) is 60.7 Å². The summed E-state index contributed by atoms with van der Waals surface area (Å²) >= 11 is 0. The third-order valence-electron chi connectivity index (χ3n) is 3.53. The van der Waals surface area contributed by atoms with Gasteiger partial charge in [0.15, 0.2) is 0 Å². The predicted molar refractivity (Wildman–Crippen MR) is 108 cm³/mol. The maximum atomic E-state index is 11.2. The van der Waals surface area contributed by atoms with E-state index in [1.165, 1.54) is 24.3 Å². The molecule has 0 aliphatic carbocycles. The first kappa shape index (κ1) is 22.0. The first-order valence-corrected chi connectivity index (χ1v) is 12.1. The van der Waals surface area contributed by atoms with Crippen molar-refractivity contribution in [2.24, 2.45) is 0 Å². The largest absolute Gasteiger partial charge is 0.530 e. The van der Waals surface area contributed by atoms with Crippen LogP contribution in [0.25, 0.3) is 0 Å². The first-order chi connectivity index (χ1) is 14.1. The minimum atomic E-state index is -4.34. The van der Waals surface area contributed by atoms with Gasteiger partial charge in [0.2, 0.25) is 0 Å². The Morgan fingerprint density at radius 1 is 0.533 bits per heavy atom. The van der Waals surface area contributed by atoms with Crippen LogP contribution < -0.4 is 13.6 Å². The highest BCUT2D eigenvalue weighted by Crippen LogP contribution is 2.42. The molecule has 0 bridgehead atoms. The van der Waals surface area contributed by atoms with Gasteiger partial charge in [0.25, 0.3) is 20.2 Å². The lowest BCUT2D eigenvalue weighted by atomic mass is 10.3. The lowest BCUT2D eigenvalue weighted by Gasteiger charge is -2.18. The van der Waals surface area contributed by atoms with Crippen LogP contribution in [0.2, 0.25) is 0 Å². The molecule has 0 aromatic heterocycles. The van der Waals surface area contributed by atoms with Gasteiger partial charge in [0.1, 0.15) is 17.2 Å². The zero-order valence-electron chi connectivity index (χ0n) is 15.0. The molecule has 3 aromatic carbocycles. The molecule has 0 fully saturated rings. The molecule has 12 heteroatoms. The van der Waals surface area contributed by atoms with Crippen molar-refractivity contribution in [3.63, 3.8) is 0 Å². The van der Waals surface area contributed by atoms with Gasteiger partial charge in [0.05, 0.1) is 9.79 Å². The highest BCUT2D eigenvalue weighted by atomic mass is 32.2. The van der Waals surface area contributed by atoms with Gasteiger partial charge in [-0.15, -0.1) is 0 Å². The molecule has 0 amide bonds. The average Bonchev–Trinajstić information content (AvgIpc) is 2.68. The summed E-state index contributed by atoms with van der Waals surface area (Å²) in [5.41, 5.74) is 0. The molecule has 9 nitrogen and oxygen atoms in total. The molecule has 0 heterocycles. The van der Waals surface area contributed by atoms with Crippen molar-refractivity contribution in [1.29, 1.82) is 0 Å². The fourth-order valence-electron chi connectivity index (χ4n) is 2.14. The summed E-state index contributed by atoms with van der Waals surface area (Å²) in [6.45, 7) is 0. The average molecular weight is 470 g/mol. The summed E-state index contributed by atoms with van der Waals surface area (Å²) in [6, 6.07) is 18.5. The SMILES string of the molecule is O=S(=O)(O)c1ccc(OP(Oc2ccccc2)Oc2ccc(S(=O)(=O)O)cc2)cc1. The van der Waals surface area contributed by atoms with Crippen molar-refractivity contribution >= 4 is 28.8 Å². The van der Waals surface area contributed by atoms with Crippen LogP contribution in [0.3, 0.4) is 0 Å². The van der Waals surface area contributed by atoms with E-state index in [2.05, 4.69) is 0 Å². The zero-order valence-corrected chi connectivity index (χ0v) is 17.5. The minimum absolute atomic E-state index is 0.207. The summed E-state index contributed by atoms with van der Waals surface area (Å²) in [6.07, 6.45) is 0. The maximum absolute atomic E-state index is 11.2. The van der Waals surface area contributed by atoms with Crippen LogP contribution >= 0.6 is 8.60 Å². The Bertz CT molecular complexity index is 1120. The lowest BCUT2D eigenvalue weighted by Crippen LogP contribution is -2.03. The van der Waals surface area contributed by atoms with Crippen LogP contribution in [0.1, 0.15) is 0 Å². The highest BCUT2D eigenvalue weighted by Gasteiger charge is 2.21. The maximum Gasteiger partial charge on any atom is 0.530 e. The first-order valence-electron chi connectivity index (χ1n) is 8.15. The summed E-state index contributed by atoms with van der Waals surface area (Å²) < 4.78 is 79.8. The Morgan fingerprint density at radius 3 is 1.20 bits per heavy atom. The Hall–Kier alpha value is -2.69. The van der Waals surface area contributed by atoms with Crippen molar-refractivity contribution in [3.8, 4) is 17.2 Å². The highest BCUT2D eigenvalue weighted by molar-refractivity contribution is 7.86. The van der Waals surface area contributed by atoms with Crippen LogP contribution in [0.15, 0.2) is 88.7 Å². The molecule has 30 heavy (non-hydrogen) atoms. The normalized spacial score (nSPS) is 11.8. The molecule has 0 unspecified atom stereocenters. The smallest absolute Gasteiger partial charge is 0.409 e. The van der Waals surface area contributed by atoms with Gasteiger partial charge in [-0.2, -0.15) is 16.8 Å². The van der Waals surface area contributed by atoms with Gasteiger partial charge in [-0.1, -0.05) is 18.2 Å². The van der Waals surface area contributed by atoms with Gasteiger partial charge < -0.3 is 13.6 Å². The van der Waals surface area contributed by atoms with Gasteiger partial charge in [-0.3, -0.25) is 9.11 Å². The molecule has 0 atom stereocenters. The lowest BCUT2D eigenvalue weighted by molar-refractivity contribution is 0.388. The quantitative estimate of drug-likeness (QED) is 0.370. The second-order valence-corrected chi connectivity index (χ2v) is 9.54.